The van der Waals surface area contributed by atoms with Gasteiger partial charge in [0.25, 0.3) is 5.69 Å². The summed E-state index contributed by atoms with van der Waals surface area (Å²) in [5.74, 6) is 0.758. The van der Waals surface area contributed by atoms with E-state index in [0.29, 0.717) is 16.6 Å². The molecule has 0 amide bonds. The van der Waals surface area contributed by atoms with Gasteiger partial charge in [0, 0.05) is 28.4 Å². The molecule has 1 N–H and O–H groups in total. The minimum Gasteiger partial charge on any atom is -0.378 e. The van der Waals surface area contributed by atoms with Crippen molar-refractivity contribution in [2.75, 3.05) is 5.32 Å². The van der Waals surface area contributed by atoms with Crippen LogP contribution in [-0.2, 0) is 0 Å². The van der Waals surface area contributed by atoms with Crippen molar-refractivity contribution < 1.29 is 9.45 Å². The number of aryl methyl sites for hydroxylation is 3. The highest BCUT2D eigenvalue weighted by molar-refractivity contribution is 5.96. The van der Waals surface area contributed by atoms with Crippen LogP contribution in [0.25, 0.3) is 10.9 Å². The van der Waals surface area contributed by atoms with Gasteiger partial charge in [-0.2, -0.15) is 0 Å². The van der Waals surface area contributed by atoms with Gasteiger partial charge in [0.15, 0.2) is 5.52 Å². The standard InChI is InChI=1S/C17H18N4O3/c1-9-8-14(19-10(2)16-11(3)20-24-12(16)4)13-6-5-7-15(21(22)23)17(13)18-9/h5-8,10H,1-4H3,(H,18,19). The molecule has 0 aliphatic carbocycles. The summed E-state index contributed by atoms with van der Waals surface area (Å²) >= 11 is 0. The molecule has 0 aliphatic heterocycles. The number of hydrogen-bond acceptors (Lipinski definition) is 6. The Kier molecular flexibility index (Phi) is 3.92. The van der Waals surface area contributed by atoms with Crippen LogP contribution in [-0.4, -0.2) is 15.1 Å². The number of hydrogen-bond donors (Lipinski definition) is 1. The third kappa shape index (κ3) is 2.68. The fourth-order valence-corrected chi connectivity index (χ4v) is 3.04. The summed E-state index contributed by atoms with van der Waals surface area (Å²) in [5, 5.41) is 19.4. The molecule has 0 spiro atoms. The van der Waals surface area contributed by atoms with E-state index in [9.17, 15) is 10.1 Å². The number of nitrogens with zero attached hydrogens (tertiary/aromatic N) is 3. The number of pyridine rings is 1. The van der Waals surface area contributed by atoms with Crippen LogP contribution in [0.2, 0.25) is 0 Å². The zero-order valence-corrected chi connectivity index (χ0v) is 14.0. The Morgan fingerprint density at radius 2 is 2.04 bits per heavy atom. The monoisotopic (exact) mass is 326 g/mol. The van der Waals surface area contributed by atoms with Crippen LogP contribution in [0.5, 0.6) is 0 Å². The van der Waals surface area contributed by atoms with Crippen LogP contribution in [0.1, 0.15) is 35.7 Å². The number of para-hydroxylation sites is 1. The van der Waals surface area contributed by atoms with Gasteiger partial charge in [0.2, 0.25) is 0 Å². The molecule has 24 heavy (non-hydrogen) atoms. The predicted octanol–water partition coefficient (Wildman–Crippen LogP) is 4.23. The summed E-state index contributed by atoms with van der Waals surface area (Å²) in [6.07, 6.45) is 0. The second-order valence-corrected chi connectivity index (χ2v) is 5.85. The molecule has 0 aliphatic rings. The molecular weight excluding hydrogens is 308 g/mol. The Morgan fingerprint density at radius 1 is 1.29 bits per heavy atom. The maximum atomic E-state index is 11.3. The van der Waals surface area contributed by atoms with Crippen molar-refractivity contribution in [2.45, 2.75) is 33.7 Å². The minimum absolute atomic E-state index is 0.00393. The number of fused-ring (bicyclic) bond motifs is 1. The fourth-order valence-electron chi connectivity index (χ4n) is 3.04. The predicted molar refractivity (Wildman–Crippen MR) is 91.1 cm³/mol. The topological polar surface area (TPSA) is 94.1 Å². The van der Waals surface area contributed by atoms with Gasteiger partial charge in [0.1, 0.15) is 5.76 Å². The number of nitro benzene ring substituents is 1. The van der Waals surface area contributed by atoms with E-state index in [1.807, 2.05) is 39.8 Å². The van der Waals surface area contributed by atoms with E-state index >= 15 is 0 Å². The zero-order valence-electron chi connectivity index (χ0n) is 14.0. The van der Waals surface area contributed by atoms with E-state index in [1.165, 1.54) is 6.07 Å². The van der Waals surface area contributed by atoms with E-state index in [0.717, 1.165) is 22.7 Å². The van der Waals surface area contributed by atoms with E-state index in [2.05, 4.69) is 15.5 Å². The molecule has 0 fully saturated rings. The van der Waals surface area contributed by atoms with Gasteiger partial charge >= 0.3 is 0 Å². The molecule has 2 heterocycles. The number of rotatable bonds is 4. The molecule has 1 atom stereocenters. The van der Waals surface area contributed by atoms with Crippen LogP contribution in [0, 0.1) is 30.9 Å². The first-order valence-electron chi connectivity index (χ1n) is 7.62. The highest BCUT2D eigenvalue weighted by atomic mass is 16.6. The number of anilines is 1. The normalized spacial score (nSPS) is 12.3. The highest BCUT2D eigenvalue weighted by Gasteiger charge is 2.19. The smallest absolute Gasteiger partial charge is 0.295 e. The maximum Gasteiger partial charge on any atom is 0.295 e. The van der Waals surface area contributed by atoms with E-state index < -0.39 is 4.92 Å². The summed E-state index contributed by atoms with van der Waals surface area (Å²) in [6.45, 7) is 7.59. The largest absolute Gasteiger partial charge is 0.378 e. The van der Waals surface area contributed by atoms with Crippen LogP contribution in [0.4, 0.5) is 11.4 Å². The molecule has 2 aromatic heterocycles. The third-order valence-electron chi connectivity index (χ3n) is 4.04. The Balaban J connectivity index is 2.10. The molecule has 0 bridgehead atoms. The molecule has 1 unspecified atom stereocenters. The van der Waals surface area contributed by atoms with Crippen molar-refractivity contribution in [3.05, 3.63) is 57.1 Å². The van der Waals surface area contributed by atoms with Gasteiger partial charge in [-0.3, -0.25) is 10.1 Å². The molecular formula is C17H18N4O3. The second kappa shape index (κ2) is 5.92. The summed E-state index contributed by atoms with van der Waals surface area (Å²) in [7, 11) is 0. The summed E-state index contributed by atoms with van der Waals surface area (Å²) in [4.78, 5) is 15.2. The van der Waals surface area contributed by atoms with Crippen LogP contribution in [0.3, 0.4) is 0 Å². The average molecular weight is 326 g/mol. The minimum atomic E-state index is -0.406. The first-order valence-corrected chi connectivity index (χ1v) is 7.62. The van der Waals surface area contributed by atoms with Crippen molar-refractivity contribution in [3.8, 4) is 0 Å². The van der Waals surface area contributed by atoms with Crippen molar-refractivity contribution >= 4 is 22.3 Å². The number of nitrogens with one attached hydrogen (secondary N) is 1. The zero-order chi connectivity index (χ0) is 17.4. The van der Waals surface area contributed by atoms with Gasteiger partial charge in [-0.1, -0.05) is 17.3 Å². The Bertz CT molecular complexity index is 913. The lowest BCUT2D eigenvalue weighted by Crippen LogP contribution is -2.09. The lowest BCUT2D eigenvalue weighted by molar-refractivity contribution is -0.383. The lowest BCUT2D eigenvalue weighted by atomic mass is 10.1. The van der Waals surface area contributed by atoms with Crippen LogP contribution < -0.4 is 5.32 Å². The number of nitro groups is 1. The second-order valence-electron chi connectivity index (χ2n) is 5.85. The average Bonchev–Trinajstić information content (AvgIpc) is 2.85. The summed E-state index contributed by atoms with van der Waals surface area (Å²) < 4.78 is 5.22. The quantitative estimate of drug-likeness (QED) is 0.569. The number of benzene rings is 1. The van der Waals surface area contributed by atoms with Crippen molar-refractivity contribution in [1.29, 1.82) is 0 Å². The van der Waals surface area contributed by atoms with Crippen molar-refractivity contribution in [2.24, 2.45) is 0 Å². The Labute approximate surface area is 138 Å². The first-order chi connectivity index (χ1) is 11.4. The first kappa shape index (κ1) is 15.9. The van der Waals surface area contributed by atoms with Gasteiger partial charge in [-0.15, -0.1) is 0 Å². The molecule has 3 aromatic rings. The van der Waals surface area contributed by atoms with E-state index in [1.54, 1.807) is 6.07 Å². The van der Waals surface area contributed by atoms with Gasteiger partial charge in [0.05, 0.1) is 16.7 Å². The SMILES string of the molecule is Cc1cc(NC(C)c2c(C)noc2C)c2cccc([N+](=O)[O-])c2n1. The van der Waals surface area contributed by atoms with Crippen LogP contribution in [0.15, 0.2) is 28.8 Å². The highest BCUT2D eigenvalue weighted by Crippen LogP contribution is 2.33. The maximum absolute atomic E-state index is 11.3. The van der Waals surface area contributed by atoms with E-state index in [-0.39, 0.29) is 11.7 Å². The van der Waals surface area contributed by atoms with Crippen LogP contribution >= 0.6 is 0 Å². The molecule has 124 valence electrons. The third-order valence-corrected chi connectivity index (χ3v) is 4.04. The number of aromatic nitrogens is 2. The van der Waals surface area contributed by atoms with Crippen molar-refractivity contribution in [1.82, 2.24) is 10.1 Å². The molecule has 0 saturated heterocycles. The van der Waals surface area contributed by atoms with Gasteiger partial charge in [-0.25, -0.2) is 4.98 Å². The lowest BCUT2D eigenvalue weighted by Gasteiger charge is -2.17. The van der Waals surface area contributed by atoms with E-state index in [4.69, 9.17) is 4.52 Å². The van der Waals surface area contributed by atoms with Crippen molar-refractivity contribution in [3.63, 3.8) is 0 Å². The van der Waals surface area contributed by atoms with Gasteiger partial charge < -0.3 is 9.84 Å². The summed E-state index contributed by atoms with van der Waals surface area (Å²) in [5.41, 5.74) is 3.72. The number of non-ortho nitro benzene ring substituents is 1. The molecule has 3 rings (SSSR count). The molecule has 0 saturated carbocycles. The Morgan fingerprint density at radius 3 is 2.67 bits per heavy atom. The molecule has 7 nitrogen and oxygen atoms in total. The fraction of sp³-hybridized carbons (Fsp3) is 0.294. The molecule has 0 radical (unpaired) electrons. The Hall–Kier alpha value is -2.96. The molecule has 1 aromatic carbocycles. The summed E-state index contributed by atoms with van der Waals surface area (Å²) in [6, 6.07) is 6.80. The van der Waals surface area contributed by atoms with Gasteiger partial charge in [-0.05, 0) is 33.8 Å². The molecule has 7 heteroatoms.